The van der Waals surface area contributed by atoms with Crippen LogP contribution in [0.5, 0.6) is 0 Å². The third-order valence-corrected chi connectivity index (χ3v) is 5.86. The van der Waals surface area contributed by atoms with Gasteiger partial charge in [-0.1, -0.05) is 56.9 Å². The molecule has 0 aliphatic heterocycles. The van der Waals surface area contributed by atoms with E-state index in [1.165, 1.54) is 56.9 Å². The van der Waals surface area contributed by atoms with E-state index in [0.717, 1.165) is 17.0 Å². The van der Waals surface area contributed by atoms with Gasteiger partial charge < -0.3 is 0 Å². The van der Waals surface area contributed by atoms with Gasteiger partial charge in [0.1, 0.15) is 0 Å². The molecule has 1 aliphatic carbocycles. The summed E-state index contributed by atoms with van der Waals surface area (Å²) in [6, 6.07) is 15.6. The van der Waals surface area contributed by atoms with Gasteiger partial charge in [0.2, 0.25) is 0 Å². The molecule has 3 nitrogen and oxygen atoms in total. The van der Waals surface area contributed by atoms with Gasteiger partial charge in [0.05, 0.1) is 4.92 Å². The fourth-order valence-electron chi connectivity index (χ4n) is 4.19. The molecule has 0 unspecified atom stereocenters. The number of unbranched alkanes of at least 4 members (excludes halogenated alkanes) is 2. The van der Waals surface area contributed by atoms with Crippen LogP contribution in [0, 0.1) is 16.0 Å². The van der Waals surface area contributed by atoms with E-state index in [-0.39, 0.29) is 10.6 Å². The molecule has 3 rings (SSSR count). The van der Waals surface area contributed by atoms with Crippen LogP contribution in [0.25, 0.3) is 11.1 Å². The monoisotopic (exact) mass is 351 g/mol. The van der Waals surface area contributed by atoms with Crippen molar-refractivity contribution in [3.63, 3.8) is 0 Å². The first-order chi connectivity index (χ1) is 12.7. The average molecular weight is 351 g/mol. The highest BCUT2D eigenvalue weighted by atomic mass is 16.6. The van der Waals surface area contributed by atoms with Crippen molar-refractivity contribution in [3.05, 3.63) is 64.2 Å². The van der Waals surface area contributed by atoms with Crippen molar-refractivity contribution in [1.82, 2.24) is 0 Å². The number of non-ortho nitro benzene ring substituents is 1. The summed E-state index contributed by atoms with van der Waals surface area (Å²) in [5.41, 5.74) is 3.74. The Hall–Kier alpha value is -2.16. The minimum atomic E-state index is -0.356. The number of nitrogens with zero attached hydrogens (tertiary/aromatic N) is 1. The van der Waals surface area contributed by atoms with Crippen LogP contribution in [0.3, 0.4) is 0 Å². The van der Waals surface area contributed by atoms with E-state index in [1.54, 1.807) is 12.1 Å². The second-order valence-corrected chi connectivity index (χ2v) is 7.64. The number of nitro groups is 1. The fourth-order valence-corrected chi connectivity index (χ4v) is 4.19. The summed E-state index contributed by atoms with van der Waals surface area (Å²) < 4.78 is 0. The number of hydrogen-bond acceptors (Lipinski definition) is 2. The van der Waals surface area contributed by atoms with Crippen molar-refractivity contribution in [1.29, 1.82) is 0 Å². The minimum absolute atomic E-state index is 0.140. The first-order valence-corrected chi connectivity index (χ1v) is 10.0. The lowest BCUT2D eigenvalue weighted by Crippen LogP contribution is -2.13. The third-order valence-electron chi connectivity index (χ3n) is 5.86. The van der Waals surface area contributed by atoms with Crippen molar-refractivity contribution < 1.29 is 4.92 Å². The summed E-state index contributed by atoms with van der Waals surface area (Å²) in [5, 5.41) is 10.8. The molecular weight excluding hydrogens is 322 g/mol. The number of rotatable bonds is 7. The fraction of sp³-hybridized carbons (Fsp3) is 0.478. The summed E-state index contributed by atoms with van der Waals surface area (Å²) in [6.07, 6.45) is 10.9. The van der Waals surface area contributed by atoms with Gasteiger partial charge in [0, 0.05) is 12.1 Å². The van der Waals surface area contributed by atoms with Crippen LogP contribution >= 0.6 is 0 Å². The quantitative estimate of drug-likeness (QED) is 0.303. The van der Waals surface area contributed by atoms with Crippen LogP contribution in [0.15, 0.2) is 48.5 Å². The Morgan fingerprint density at radius 3 is 2.00 bits per heavy atom. The summed E-state index contributed by atoms with van der Waals surface area (Å²) in [5.74, 6) is 1.64. The van der Waals surface area contributed by atoms with E-state index in [9.17, 15) is 10.1 Å². The Kier molecular flexibility index (Phi) is 6.43. The average Bonchev–Trinajstić information content (AvgIpc) is 2.69. The molecule has 2 aromatic rings. The highest BCUT2D eigenvalue weighted by Gasteiger charge is 2.22. The van der Waals surface area contributed by atoms with E-state index < -0.39 is 0 Å². The molecule has 1 saturated carbocycles. The predicted octanol–water partition coefficient (Wildman–Crippen LogP) is 7.12. The Bertz CT molecular complexity index is 698. The van der Waals surface area contributed by atoms with Crippen LogP contribution in [0.1, 0.15) is 69.8 Å². The lowest BCUT2D eigenvalue weighted by Gasteiger charge is -2.29. The number of nitro benzene ring substituents is 1. The molecule has 1 aliphatic rings. The van der Waals surface area contributed by atoms with Crippen LogP contribution in [0.4, 0.5) is 5.69 Å². The van der Waals surface area contributed by atoms with Gasteiger partial charge in [-0.25, -0.2) is 0 Å². The van der Waals surface area contributed by atoms with Crippen LogP contribution in [0.2, 0.25) is 0 Å². The molecular formula is C23H29NO2. The maximum absolute atomic E-state index is 10.8. The third kappa shape index (κ3) is 4.72. The summed E-state index contributed by atoms with van der Waals surface area (Å²) in [7, 11) is 0. The van der Waals surface area contributed by atoms with E-state index >= 15 is 0 Å². The molecule has 0 aromatic heterocycles. The molecule has 26 heavy (non-hydrogen) atoms. The normalized spacial score (nSPS) is 20.0. The van der Waals surface area contributed by atoms with Crippen molar-refractivity contribution in [2.75, 3.05) is 0 Å². The smallest absolute Gasteiger partial charge is 0.258 e. The largest absolute Gasteiger partial charge is 0.269 e. The topological polar surface area (TPSA) is 43.1 Å². The molecule has 2 aromatic carbocycles. The molecule has 0 amide bonds. The molecule has 0 N–H and O–H groups in total. The Balaban J connectivity index is 1.57. The molecule has 138 valence electrons. The molecule has 0 radical (unpaired) electrons. The Morgan fingerprint density at radius 1 is 0.885 bits per heavy atom. The van der Waals surface area contributed by atoms with E-state index in [0.29, 0.717) is 5.92 Å². The Morgan fingerprint density at radius 2 is 1.46 bits per heavy atom. The van der Waals surface area contributed by atoms with Gasteiger partial charge in [0.15, 0.2) is 0 Å². The van der Waals surface area contributed by atoms with Crippen molar-refractivity contribution >= 4 is 5.69 Å². The second kappa shape index (κ2) is 8.98. The maximum atomic E-state index is 10.8. The Labute approximate surface area is 156 Å². The predicted molar refractivity (Wildman–Crippen MR) is 107 cm³/mol. The zero-order valence-electron chi connectivity index (χ0n) is 15.7. The molecule has 1 fully saturated rings. The van der Waals surface area contributed by atoms with Gasteiger partial charge in [-0.2, -0.15) is 0 Å². The molecule has 0 heterocycles. The van der Waals surface area contributed by atoms with E-state index in [2.05, 4.69) is 31.2 Å². The highest BCUT2D eigenvalue weighted by Crippen LogP contribution is 2.38. The second-order valence-electron chi connectivity index (χ2n) is 7.64. The summed E-state index contributed by atoms with van der Waals surface area (Å²) >= 11 is 0. The SMILES string of the molecule is CCCCCC1CCC(c2ccc(-c3ccc([N+](=O)[O-])cc3)cc2)CC1. The summed E-state index contributed by atoms with van der Waals surface area (Å²) in [6.45, 7) is 2.28. The first kappa shape index (κ1) is 18.6. The standard InChI is InChI=1S/C23H29NO2/c1-2-3-4-5-18-6-8-19(9-7-18)20-10-12-21(13-11-20)22-14-16-23(17-15-22)24(25)26/h10-19H,2-9H2,1H3. The van der Waals surface area contributed by atoms with Crippen molar-refractivity contribution in [3.8, 4) is 11.1 Å². The zero-order valence-corrected chi connectivity index (χ0v) is 15.7. The molecule has 0 bridgehead atoms. The molecule has 0 saturated heterocycles. The molecule has 0 atom stereocenters. The number of hydrogen-bond donors (Lipinski definition) is 0. The van der Waals surface area contributed by atoms with Gasteiger partial charge in [-0.15, -0.1) is 0 Å². The van der Waals surface area contributed by atoms with Gasteiger partial charge in [0.25, 0.3) is 5.69 Å². The zero-order chi connectivity index (χ0) is 18.4. The van der Waals surface area contributed by atoms with Gasteiger partial charge in [-0.3, -0.25) is 10.1 Å². The summed E-state index contributed by atoms with van der Waals surface area (Å²) in [4.78, 5) is 10.4. The maximum Gasteiger partial charge on any atom is 0.269 e. The lowest BCUT2D eigenvalue weighted by molar-refractivity contribution is -0.384. The molecule has 0 spiro atoms. The minimum Gasteiger partial charge on any atom is -0.258 e. The van der Waals surface area contributed by atoms with Gasteiger partial charge in [-0.05, 0) is 66.3 Å². The first-order valence-electron chi connectivity index (χ1n) is 10.0. The van der Waals surface area contributed by atoms with Crippen molar-refractivity contribution in [2.45, 2.75) is 64.2 Å². The van der Waals surface area contributed by atoms with E-state index in [4.69, 9.17) is 0 Å². The van der Waals surface area contributed by atoms with Crippen molar-refractivity contribution in [2.24, 2.45) is 5.92 Å². The van der Waals surface area contributed by atoms with E-state index in [1.807, 2.05) is 12.1 Å². The van der Waals surface area contributed by atoms with Gasteiger partial charge >= 0.3 is 0 Å². The van der Waals surface area contributed by atoms with Crippen LogP contribution in [-0.4, -0.2) is 4.92 Å². The van der Waals surface area contributed by atoms with Crippen LogP contribution in [-0.2, 0) is 0 Å². The highest BCUT2D eigenvalue weighted by molar-refractivity contribution is 5.65. The van der Waals surface area contributed by atoms with Crippen LogP contribution < -0.4 is 0 Å². The molecule has 3 heteroatoms. The number of benzene rings is 2. The lowest BCUT2D eigenvalue weighted by atomic mass is 9.77.